The lowest BCUT2D eigenvalue weighted by Crippen LogP contribution is -3.00. The summed E-state index contributed by atoms with van der Waals surface area (Å²) in [5.74, 6) is 0.659. The molecule has 166 valence electrons. The summed E-state index contributed by atoms with van der Waals surface area (Å²) in [6.45, 7) is 3.37. The van der Waals surface area contributed by atoms with Gasteiger partial charge in [-0.2, -0.15) is 0 Å². The molecule has 1 heterocycles. The van der Waals surface area contributed by atoms with Crippen LogP contribution in [0.1, 0.15) is 82.3 Å². The third-order valence-electron chi connectivity index (χ3n) is 5.36. The number of hydrogen-bond acceptors (Lipinski definition) is 2. The van der Waals surface area contributed by atoms with Crippen LogP contribution < -0.4 is 26.3 Å². The van der Waals surface area contributed by atoms with Crippen LogP contribution in [0.4, 0.5) is 0 Å². The zero-order chi connectivity index (χ0) is 20.7. The van der Waals surface area contributed by atoms with Gasteiger partial charge in [0.2, 0.25) is 0 Å². The Hall–Kier alpha value is -1.81. The molecule has 0 aliphatic rings. The maximum absolute atomic E-state index is 9.67. The zero-order valence-electron chi connectivity index (χ0n) is 18.7. The van der Waals surface area contributed by atoms with E-state index in [2.05, 4.69) is 42.1 Å². The summed E-state index contributed by atoms with van der Waals surface area (Å²) < 4.78 is 7.42. The number of benzene rings is 1. The van der Waals surface area contributed by atoms with E-state index < -0.39 is 0 Å². The van der Waals surface area contributed by atoms with E-state index in [-0.39, 0.29) is 22.7 Å². The Morgan fingerprint density at radius 3 is 1.97 bits per heavy atom. The van der Waals surface area contributed by atoms with E-state index in [1.54, 1.807) is 13.2 Å². The Labute approximate surface area is 193 Å². The molecule has 2 rings (SSSR count). The number of halogens is 1. The number of aryl methyl sites for hydroxylation is 1. The summed E-state index contributed by atoms with van der Waals surface area (Å²) in [5, 5.41) is 9.67. The first-order valence-corrected chi connectivity index (χ1v) is 11.3. The fourth-order valence-electron chi connectivity index (χ4n) is 3.50. The van der Waals surface area contributed by atoms with Crippen LogP contribution in [0, 0.1) is 0 Å². The van der Waals surface area contributed by atoms with Crippen LogP contribution in [-0.4, -0.2) is 12.2 Å². The summed E-state index contributed by atoms with van der Waals surface area (Å²) in [7, 11) is 1.56. The molecule has 30 heavy (non-hydrogen) atoms. The molecule has 0 aliphatic heterocycles. The van der Waals surface area contributed by atoms with Crippen LogP contribution in [0.3, 0.4) is 0 Å². The first-order chi connectivity index (χ1) is 14.2. The molecule has 1 N–H and O–H groups in total. The highest BCUT2D eigenvalue weighted by molar-refractivity contribution is 5.70. The highest BCUT2D eigenvalue weighted by Crippen LogP contribution is 2.27. The Morgan fingerprint density at radius 2 is 1.37 bits per heavy atom. The fraction of sp³-hybridized carbons (Fsp3) is 0.500. The third kappa shape index (κ3) is 10.3. The van der Waals surface area contributed by atoms with Gasteiger partial charge in [-0.05, 0) is 29.7 Å². The van der Waals surface area contributed by atoms with Crippen molar-refractivity contribution in [3.05, 3.63) is 53.9 Å². The molecule has 0 fully saturated rings. The lowest BCUT2D eigenvalue weighted by molar-refractivity contribution is -0.697. The number of phenolic OH excluding ortho intramolecular Hbond substituents is 1. The second kappa shape index (κ2) is 16.0. The molecule has 1 aromatic heterocycles. The van der Waals surface area contributed by atoms with Crippen molar-refractivity contribution in [1.82, 2.24) is 0 Å². The summed E-state index contributed by atoms with van der Waals surface area (Å²) in [6.07, 6.45) is 22.2. The predicted molar refractivity (Wildman–Crippen MR) is 122 cm³/mol. The normalized spacial score (nSPS) is 10.9. The number of methoxy groups -OCH3 is 1. The molecule has 0 saturated heterocycles. The number of nitrogens with zero attached hydrogens (tertiary/aromatic N) is 1. The Kier molecular flexibility index (Phi) is 13.9. The Balaban J connectivity index is 0.00000450. The molecule has 2 aromatic rings. The molecular weight excluding hydrogens is 438 g/mol. The molecule has 0 aliphatic carbocycles. The van der Waals surface area contributed by atoms with Gasteiger partial charge in [-0.25, -0.2) is 4.57 Å². The molecule has 0 atom stereocenters. The number of ether oxygens (including phenoxy) is 1. The van der Waals surface area contributed by atoms with Gasteiger partial charge in [0.1, 0.15) is 6.54 Å². The van der Waals surface area contributed by atoms with Gasteiger partial charge in [-0.3, -0.25) is 0 Å². The molecule has 0 unspecified atom stereocenters. The van der Waals surface area contributed by atoms with E-state index in [1.807, 2.05) is 18.2 Å². The minimum atomic E-state index is 0. The maximum atomic E-state index is 9.67. The summed E-state index contributed by atoms with van der Waals surface area (Å²) in [6, 6.07) is 9.65. The number of aromatic nitrogens is 1. The fourth-order valence-corrected chi connectivity index (χ4v) is 3.50. The van der Waals surface area contributed by atoms with Gasteiger partial charge in [0, 0.05) is 18.6 Å². The van der Waals surface area contributed by atoms with Crippen molar-refractivity contribution in [3.8, 4) is 11.5 Å². The van der Waals surface area contributed by atoms with Crippen molar-refractivity contribution in [1.29, 1.82) is 0 Å². The van der Waals surface area contributed by atoms with E-state index >= 15 is 0 Å². The molecule has 0 saturated carbocycles. The SMILES string of the molecule is CCCCCCCCCCCC[n+]1ccc(/C=C/c2ccc(O)c(OC)c2)cc1.[Br-]. The highest BCUT2D eigenvalue weighted by Gasteiger charge is 2.02. The quantitative estimate of drug-likeness (QED) is 0.333. The number of unbranched alkanes of at least 4 members (excludes halogenated alkanes) is 9. The minimum absolute atomic E-state index is 0. The van der Waals surface area contributed by atoms with E-state index in [0.29, 0.717) is 5.75 Å². The number of rotatable bonds is 14. The van der Waals surface area contributed by atoms with Crippen molar-refractivity contribution in [2.24, 2.45) is 0 Å². The van der Waals surface area contributed by atoms with Crippen LogP contribution in [0.2, 0.25) is 0 Å². The van der Waals surface area contributed by atoms with Gasteiger partial charge in [0.15, 0.2) is 23.9 Å². The lowest BCUT2D eigenvalue weighted by Gasteiger charge is -2.03. The summed E-state index contributed by atoms with van der Waals surface area (Å²) in [5.41, 5.74) is 2.16. The Bertz CT molecular complexity index is 728. The van der Waals surface area contributed by atoms with Crippen molar-refractivity contribution in [2.75, 3.05) is 7.11 Å². The molecule has 0 amide bonds. The monoisotopic (exact) mass is 475 g/mol. The molecule has 0 radical (unpaired) electrons. The van der Waals surface area contributed by atoms with Crippen LogP contribution in [0.5, 0.6) is 11.5 Å². The smallest absolute Gasteiger partial charge is 0.169 e. The van der Waals surface area contributed by atoms with E-state index in [9.17, 15) is 5.11 Å². The van der Waals surface area contributed by atoms with Crippen molar-refractivity contribution < 1.29 is 31.4 Å². The second-order valence-electron chi connectivity index (χ2n) is 7.82. The first-order valence-electron chi connectivity index (χ1n) is 11.3. The second-order valence-corrected chi connectivity index (χ2v) is 7.82. The van der Waals surface area contributed by atoms with E-state index in [4.69, 9.17) is 4.74 Å². The zero-order valence-corrected chi connectivity index (χ0v) is 20.2. The third-order valence-corrected chi connectivity index (χ3v) is 5.36. The van der Waals surface area contributed by atoms with Crippen LogP contribution >= 0.6 is 0 Å². The number of aromatic hydroxyl groups is 1. The van der Waals surface area contributed by atoms with Gasteiger partial charge in [0.25, 0.3) is 0 Å². The molecule has 0 bridgehead atoms. The van der Waals surface area contributed by atoms with Crippen molar-refractivity contribution in [2.45, 2.75) is 77.7 Å². The topological polar surface area (TPSA) is 33.3 Å². The van der Waals surface area contributed by atoms with Gasteiger partial charge >= 0.3 is 0 Å². The largest absolute Gasteiger partial charge is 1.00 e. The highest BCUT2D eigenvalue weighted by atomic mass is 79.9. The predicted octanol–water partition coefficient (Wildman–Crippen LogP) is 3.78. The Morgan fingerprint density at radius 1 is 0.800 bits per heavy atom. The minimum Gasteiger partial charge on any atom is -1.00 e. The molecule has 4 heteroatoms. The number of phenols is 1. The summed E-state index contributed by atoms with van der Waals surface area (Å²) >= 11 is 0. The maximum Gasteiger partial charge on any atom is 0.169 e. The molecule has 0 spiro atoms. The van der Waals surface area contributed by atoms with E-state index in [1.165, 1.54) is 64.2 Å². The standard InChI is InChI=1S/C26H37NO2.BrH/c1-3-4-5-6-7-8-9-10-11-12-19-27-20-17-23(18-21-27)13-14-24-15-16-25(28)26(22-24)29-2;/h13-18,20-22H,3-12,19H2,1-2H3;1H. The van der Waals surface area contributed by atoms with Crippen molar-refractivity contribution >= 4 is 12.2 Å². The first kappa shape index (κ1) is 26.2. The van der Waals surface area contributed by atoms with Crippen LogP contribution in [0.25, 0.3) is 12.2 Å². The number of hydrogen-bond donors (Lipinski definition) is 1. The van der Waals surface area contributed by atoms with Gasteiger partial charge in [-0.15, -0.1) is 0 Å². The van der Waals surface area contributed by atoms with E-state index in [0.717, 1.165) is 17.7 Å². The average Bonchev–Trinajstić information content (AvgIpc) is 2.75. The average molecular weight is 476 g/mol. The number of pyridine rings is 1. The van der Waals surface area contributed by atoms with Gasteiger partial charge in [0.05, 0.1) is 7.11 Å². The summed E-state index contributed by atoms with van der Waals surface area (Å²) in [4.78, 5) is 0. The van der Waals surface area contributed by atoms with Crippen LogP contribution in [0.15, 0.2) is 42.7 Å². The molecule has 1 aromatic carbocycles. The molecule has 3 nitrogen and oxygen atoms in total. The molecular formula is C26H38BrNO2. The van der Waals surface area contributed by atoms with Gasteiger partial charge in [-0.1, -0.05) is 76.5 Å². The van der Waals surface area contributed by atoms with Gasteiger partial charge < -0.3 is 26.8 Å². The lowest BCUT2D eigenvalue weighted by atomic mass is 10.1. The van der Waals surface area contributed by atoms with Crippen LogP contribution in [-0.2, 0) is 6.54 Å². The van der Waals surface area contributed by atoms with Crippen molar-refractivity contribution in [3.63, 3.8) is 0 Å².